The van der Waals surface area contributed by atoms with Gasteiger partial charge in [0.1, 0.15) is 6.61 Å². The minimum absolute atomic E-state index is 0.0572. The first-order valence-corrected chi connectivity index (χ1v) is 8.35. The monoisotopic (exact) mass is 339 g/mol. The Morgan fingerprint density at radius 1 is 1.16 bits per heavy atom. The van der Waals surface area contributed by atoms with Crippen LogP contribution in [0.25, 0.3) is 0 Å². The maximum atomic E-state index is 12.4. The number of carbonyl (C=O) groups excluding carboxylic acids is 1. The largest absolute Gasteiger partial charge is 0.478 e. The molecule has 0 aromatic heterocycles. The molecule has 2 aromatic carbocycles. The molecule has 1 N–H and O–H groups in total. The van der Waals surface area contributed by atoms with Gasteiger partial charge in [-0.05, 0) is 36.6 Å². The first-order chi connectivity index (χ1) is 12.0. The van der Waals surface area contributed by atoms with Gasteiger partial charge in [0.2, 0.25) is 0 Å². The topological polar surface area (TPSA) is 66.8 Å². The molecule has 1 saturated heterocycles. The molecule has 0 aliphatic carbocycles. The molecule has 2 aromatic rings. The first-order valence-electron chi connectivity index (χ1n) is 8.35. The van der Waals surface area contributed by atoms with Crippen LogP contribution in [0.4, 0.5) is 4.79 Å². The molecule has 3 rings (SSSR count). The van der Waals surface area contributed by atoms with Crippen LogP contribution in [0.5, 0.6) is 0 Å². The van der Waals surface area contributed by atoms with E-state index >= 15 is 0 Å². The standard InChI is InChI=1S/C20H21NO4/c1-14-10-18(16-8-5-9-17(11-16)19(22)23)12-21(14)20(24)25-13-15-6-3-2-4-7-15/h2-9,11,14,18H,10,12-13H2,1H3,(H,22,23)/t14-,18+/m0/s1. The minimum atomic E-state index is -0.938. The number of aromatic carboxylic acids is 1. The number of carboxylic acid groups (broad SMARTS) is 1. The van der Waals surface area contributed by atoms with Gasteiger partial charge in [-0.2, -0.15) is 0 Å². The lowest BCUT2D eigenvalue weighted by Crippen LogP contribution is -2.34. The first kappa shape index (κ1) is 17.0. The fourth-order valence-corrected chi connectivity index (χ4v) is 3.25. The molecule has 130 valence electrons. The Morgan fingerprint density at radius 2 is 1.92 bits per heavy atom. The molecule has 1 aliphatic rings. The molecule has 0 spiro atoms. The predicted molar refractivity (Wildman–Crippen MR) is 93.6 cm³/mol. The molecular formula is C20H21NO4. The van der Waals surface area contributed by atoms with E-state index in [0.29, 0.717) is 6.54 Å². The summed E-state index contributed by atoms with van der Waals surface area (Å²) >= 11 is 0. The highest BCUT2D eigenvalue weighted by Gasteiger charge is 2.34. The number of likely N-dealkylation sites (tertiary alicyclic amines) is 1. The number of rotatable bonds is 4. The molecule has 1 amide bonds. The Labute approximate surface area is 146 Å². The molecule has 5 heteroatoms. The van der Waals surface area contributed by atoms with Crippen molar-refractivity contribution in [3.63, 3.8) is 0 Å². The van der Waals surface area contributed by atoms with Crippen molar-refractivity contribution in [2.75, 3.05) is 6.54 Å². The Kier molecular flexibility index (Phi) is 5.03. The van der Waals surface area contributed by atoms with Crippen LogP contribution >= 0.6 is 0 Å². The van der Waals surface area contributed by atoms with Gasteiger partial charge in [0.25, 0.3) is 0 Å². The summed E-state index contributed by atoms with van der Waals surface area (Å²) in [6.45, 7) is 2.78. The van der Waals surface area contributed by atoms with E-state index in [0.717, 1.165) is 17.5 Å². The molecule has 1 aliphatic heterocycles. The quantitative estimate of drug-likeness (QED) is 0.917. The van der Waals surface area contributed by atoms with Gasteiger partial charge in [-0.15, -0.1) is 0 Å². The van der Waals surface area contributed by atoms with Crippen LogP contribution in [-0.4, -0.2) is 34.7 Å². The van der Waals surface area contributed by atoms with Crippen molar-refractivity contribution in [2.24, 2.45) is 0 Å². The highest BCUT2D eigenvalue weighted by molar-refractivity contribution is 5.87. The summed E-state index contributed by atoms with van der Waals surface area (Å²) in [7, 11) is 0. The fraction of sp³-hybridized carbons (Fsp3) is 0.300. The smallest absolute Gasteiger partial charge is 0.410 e. The second-order valence-corrected chi connectivity index (χ2v) is 6.40. The van der Waals surface area contributed by atoms with E-state index in [1.165, 1.54) is 0 Å². The lowest BCUT2D eigenvalue weighted by Gasteiger charge is -2.21. The van der Waals surface area contributed by atoms with Gasteiger partial charge in [-0.1, -0.05) is 42.5 Å². The summed E-state index contributed by atoms with van der Waals surface area (Å²) in [5, 5.41) is 9.14. The fourth-order valence-electron chi connectivity index (χ4n) is 3.25. The number of benzene rings is 2. The van der Waals surface area contributed by atoms with Crippen molar-refractivity contribution in [2.45, 2.75) is 31.9 Å². The molecule has 25 heavy (non-hydrogen) atoms. The van der Waals surface area contributed by atoms with Crippen molar-refractivity contribution < 1.29 is 19.4 Å². The van der Waals surface area contributed by atoms with Gasteiger partial charge in [0.05, 0.1) is 5.56 Å². The van der Waals surface area contributed by atoms with Crippen molar-refractivity contribution >= 4 is 12.1 Å². The summed E-state index contributed by atoms with van der Waals surface area (Å²) in [6, 6.07) is 16.6. The van der Waals surface area contributed by atoms with Crippen LogP contribution in [0.15, 0.2) is 54.6 Å². The lowest BCUT2D eigenvalue weighted by molar-refractivity contribution is 0.0696. The Hall–Kier alpha value is -2.82. The Balaban J connectivity index is 1.63. The molecular weight excluding hydrogens is 318 g/mol. The van der Waals surface area contributed by atoms with Crippen LogP contribution < -0.4 is 0 Å². The van der Waals surface area contributed by atoms with Crippen molar-refractivity contribution in [3.05, 3.63) is 71.3 Å². The predicted octanol–water partition coefficient (Wildman–Crippen LogP) is 3.90. The van der Waals surface area contributed by atoms with E-state index < -0.39 is 5.97 Å². The van der Waals surface area contributed by atoms with Crippen LogP contribution in [0.2, 0.25) is 0 Å². The molecule has 0 radical (unpaired) electrons. The van der Waals surface area contributed by atoms with E-state index in [1.807, 2.05) is 43.3 Å². The number of hydrogen-bond donors (Lipinski definition) is 1. The third-order valence-corrected chi connectivity index (χ3v) is 4.62. The molecule has 0 bridgehead atoms. The maximum Gasteiger partial charge on any atom is 0.410 e. The number of amides is 1. The van der Waals surface area contributed by atoms with E-state index in [-0.39, 0.29) is 30.2 Å². The van der Waals surface area contributed by atoms with Crippen LogP contribution in [-0.2, 0) is 11.3 Å². The van der Waals surface area contributed by atoms with Crippen LogP contribution in [0, 0.1) is 0 Å². The van der Waals surface area contributed by atoms with Crippen molar-refractivity contribution in [1.29, 1.82) is 0 Å². The average Bonchev–Trinajstić information content (AvgIpc) is 3.02. The third-order valence-electron chi connectivity index (χ3n) is 4.62. The summed E-state index contributed by atoms with van der Waals surface area (Å²) in [6.07, 6.45) is 0.469. The third kappa shape index (κ3) is 3.99. The zero-order valence-corrected chi connectivity index (χ0v) is 14.1. The van der Waals surface area contributed by atoms with E-state index in [2.05, 4.69) is 0 Å². The summed E-state index contributed by atoms with van der Waals surface area (Å²) in [4.78, 5) is 25.3. The zero-order valence-electron chi connectivity index (χ0n) is 14.1. The molecule has 0 unspecified atom stereocenters. The van der Waals surface area contributed by atoms with Crippen molar-refractivity contribution in [3.8, 4) is 0 Å². The summed E-state index contributed by atoms with van der Waals surface area (Å²) in [5.41, 5.74) is 2.17. The summed E-state index contributed by atoms with van der Waals surface area (Å²) < 4.78 is 5.42. The average molecular weight is 339 g/mol. The molecule has 1 fully saturated rings. The number of nitrogens with zero attached hydrogens (tertiary/aromatic N) is 1. The second kappa shape index (κ2) is 7.38. The molecule has 0 saturated carbocycles. The van der Waals surface area contributed by atoms with E-state index in [1.54, 1.807) is 23.1 Å². The van der Waals surface area contributed by atoms with Crippen LogP contribution in [0.1, 0.15) is 40.7 Å². The van der Waals surface area contributed by atoms with Gasteiger partial charge in [0, 0.05) is 18.5 Å². The van der Waals surface area contributed by atoms with Gasteiger partial charge in [-0.3, -0.25) is 0 Å². The number of hydrogen-bond acceptors (Lipinski definition) is 3. The van der Waals surface area contributed by atoms with E-state index in [4.69, 9.17) is 9.84 Å². The normalized spacial score (nSPS) is 19.6. The van der Waals surface area contributed by atoms with Crippen molar-refractivity contribution in [1.82, 2.24) is 4.90 Å². The lowest BCUT2D eigenvalue weighted by atomic mass is 9.95. The minimum Gasteiger partial charge on any atom is -0.478 e. The maximum absolute atomic E-state index is 12.4. The SMILES string of the molecule is C[C@H]1C[C@@H](c2cccc(C(=O)O)c2)CN1C(=O)OCc1ccccc1. The number of carbonyl (C=O) groups is 2. The highest BCUT2D eigenvalue weighted by Crippen LogP contribution is 2.32. The van der Waals surface area contributed by atoms with Gasteiger partial charge in [-0.25, -0.2) is 9.59 Å². The Bertz CT molecular complexity index is 759. The number of carboxylic acids is 1. The van der Waals surface area contributed by atoms with E-state index in [9.17, 15) is 9.59 Å². The molecule has 5 nitrogen and oxygen atoms in total. The Morgan fingerprint density at radius 3 is 2.64 bits per heavy atom. The second-order valence-electron chi connectivity index (χ2n) is 6.40. The molecule has 1 heterocycles. The number of ether oxygens (including phenoxy) is 1. The van der Waals surface area contributed by atoms with Gasteiger partial charge >= 0.3 is 12.1 Å². The van der Waals surface area contributed by atoms with Gasteiger partial charge in [0.15, 0.2) is 0 Å². The zero-order chi connectivity index (χ0) is 17.8. The van der Waals surface area contributed by atoms with Gasteiger partial charge < -0.3 is 14.7 Å². The highest BCUT2D eigenvalue weighted by atomic mass is 16.6. The molecule has 2 atom stereocenters. The summed E-state index contributed by atoms with van der Waals surface area (Å²) in [5.74, 6) is -0.814. The van der Waals surface area contributed by atoms with Crippen LogP contribution in [0.3, 0.4) is 0 Å².